The second-order valence-corrected chi connectivity index (χ2v) is 6.63. The highest BCUT2D eigenvalue weighted by atomic mass is 16.2. The first-order valence-corrected chi connectivity index (χ1v) is 8.97. The third kappa shape index (κ3) is 3.64. The van der Waals surface area contributed by atoms with E-state index < -0.39 is 0 Å². The van der Waals surface area contributed by atoms with Crippen LogP contribution in [0.15, 0.2) is 59.7 Å². The monoisotopic (exact) mass is 347 g/mol. The van der Waals surface area contributed by atoms with Crippen molar-refractivity contribution in [1.82, 2.24) is 20.4 Å². The molecule has 0 atom stereocenters. The van der Waals surface area contributed by atoms with Gasteiger partial charge in [0, 0.05) is 5.71 Å². The molecular formula is C20H21N5O. The maximum absolute atomic E-state index is 12.2. The van der Waals surface area contributed by atoms with Crippen LogP contribution in [0.25, 0.3) is 11.0 Å². The fraction of sp³-hybridized carbons (Fsp3) is 0.300. The molecule has 1 aromatic heterocycles. The molecule has 0 bridgehead atoms. The van der Waals surface area contributed by atoms with Crippen molar-refractivity contribution in [3.63, 3.8) is 0 Å². The predicted molar refractivity (Wildman–Crippen MR) is 101 cm³/mol. The molecule has 0 radical (unpaired) electrons. The van der Waals surface area contributed by atoms with Crippen LogP contribution in [0, 0.1) is 0 Å². The smallest absolute Gasteiger partial charge is 0.261 e. The Morgan fingerprint density at radius 3 is 2.62 bits per heavy atom. The molecule has 26 heavy (non-hydrogen) atoms. The second-order valence-electron chi connectivity index (χ2n) is 6.63. The van der Waals surface area contributed by atoms with Crippen molar-refractivity contribution in [2.45, 2.75) is 38.1 Å². The standard InChI is InChI=1S/C20H21N5O/c26-20(14-25-19-9-5-4-8-18(19)22-24-25)23-21-17-12-10-16(11-13-17)15-6-2-1-3-7-15/h1-9,16H,10-14H2,(H,23,26). The number of hydrogen-bond donors (Lipinski definition) is 1. The van der Waals surface area contributed by atoms with Gasteiger partial charge in [0.25, 0.3) is 5.91 Å². The Kier molecular flexibility index (Phi) is 4.73. The fourth-order valence-electron chi connectivity index (χ4n) is 3.47. The van der Waals surface area contributed by atoms with E-state index in [1.165, 1.54) is 5.56 Å². The van der Waals surface area contributed by atoms with Crippen molar-refractivity contribution in [3.8, 4) is 0 Å². The Morgan fingerprint density at radius 2 is 1.81 bits per heavy atom. The molecule has 3 aromatic rings. The molecule has 6 heteroatoms. The van der Waals surface area contributed by atoms with Crippen LogP contribution in [0.3, 0.4) is 0 Å². The summed E-state index contributed by atoms with van der Waals surface area (Å²) in [4.78, 5) is 12.2. The minimum Gasteiger partial charge on any atom is -0.271 e. The molecule has 1 aliphatic rings. The first-order valence-electron chi connectivity index (χ1n) is 8.97. The van der Waals surface area contributed by atoms with Crippen LogP contribution in [0.4, 0.5) is 0 Å². The van der Waals surface area contributed by atoms with Crippen molar-refractivity contribution in [3.05, 3.63) is 60.2 Å². The summed E-state index contributed by atoms with van der Waals surface area (Å²) >= 11 is 0. The first-order chi connectivity index (χ1) is 12.8. The fourth-order valence-corrected chi connectivity index (χ4v) is 3.47. The molecular weight excluding hydrogens is 326 g/mol. The van der Waals surface area contributed by atoms with Gasteiger partial charge in [0.2, 0.25) is 0 Å². The summed E-state index contributed by atoms with van der Waals surface area (Å²) in [7, 11) is 0. The third-order valence-electron chi connectivity index (χ3n) is 4.89. The molecule has 1 amide bonds. The predicted octanol–water partition coefficient (Wildman–Crippen LogP) is 3.26. The highest BCUT2D eigenvalue weighted by Gasteiger charge is 2.19. The minimum atomic E-state index is -0.182. The summed E-state index contributed by atoms with van der Waals surface area (Å²) in [6.07, 6.45) is 4.00. The molecule has 1 fully saturated rings. The van der Waals surface area contributed by atoms with Crippen LogP contribution in [0.2, 0.25) is 0 Å². The van der Waals surface area contributed by atoms with Crippen molar-refractivity contribution in [2.24, 2.45) is 5.10 Å². The van der Waals surface area contributed by atoms with E-state index in [2.05, 4.69) is 45.1 Å². The Labute approximate surface area is 151 Å². The average molecular weight is 347 g/mol. The number of nitrogens with zero attached hydrogens (tertiary/aromatic N) is 4. The molecule has 1 N–H and O–H groups in total. The van der Waals surface area contributed by atoms with E-state index in [-0.39, 0.29) is 12.5 Å². The van der Waals surface area contributed by atoms with Crippen LogP contribution in [-0.2, 0) is 11.3 Å². The van der Waals surface area contributed by atoms with E-state index >= 15 is 0 Å². The van der Waals surface area contributed by atoms with E-state index in [4.69, 9.17) is 0 Å². The molecule has 1 heterocycles. The van der Waals surface area contributed by atoms with Crippen LogP contribution in [-0.4, -0.2) is 26.6 Å². The lowest BCUT2D eigenvalue weighted by atomic mass is 9.83. The zero-order chi connectivity index (χ0) is 17.8. The van der Waals surface area contributed by atoms with E-state index in [0.717, 1.165) is 42.4 Å². The third-order valence-corrected chi connectivity index (χ3v) is 4.89. The summed E-state index contributed by atoms with van der Waals surface area (Å²) in [5.74, 6) is 0.408. The van der Waals surface area contributed by atoms with Crippen molar-refractivity contribution in [2.75, 3.05) is 0 Å². The number of rotatable bonds is 4. The van der Waals surface area contributed by atoms with Gasteiger partial charge in [-0.05, 0) is 49.3 Å². The average Bonchev–Trinajstić information content (AvgIpc) is 3.10. The lowest BCUT2D eigenvalue weighted by Gasteiger charge is -2.23. The SMILES string of the molecule is O=C(Cn1nnc2ccccc21)NN=C1CCC(c2ccccc2)CC1. The zero-order valence-corrected chi connectivity index (χ0v) is 14.5. The molecule has 4 rings (SSSR count). The second kappa shape index (κ2) is 7.47. The number of hydrazone groups is 1. The molecule has 0 unspecified atom stereocenters. The van der Waals surface area contributed by atoms with E-state index in [1.54, 1.807) is 4.68 Å². The molecule has 0 saturated heterocycles. The zero-order valence-electron chi connectivity index (χ0n) is 14.5. The molecule has 0 spiro atoms. The molecule has 6 nitrogen and oxygen atoms in total. The lowest BCUT2D eigenvalue weighted by molar-refractivity contribution is -0.121. The van der Waals surface area contributed by atoms with Gasteiger partial charge in [0.1, 0.15) is 12.1 Å². The summed E-state index contributed by atoms with van der Waals surface area (Å²) < 4.78 is 1.59. The maximum Gasteiger partial charge on any atom is 0.261 e. The number of hydrogen-bond acceptors (Lipinski definition) is 4. The van der Waals surface area contributed by atoms with E-state index in [0.29, 0.717) is 5.92 Å². The summed E-state index contributed by atoms with van der Waals surface area (Å²) in [5.41, 5.74) is 6.76. The summed E-state index contributed by atoms with van der Waals surface area (Å²) in [6.45, 7) is 0.115. The van der Waals surface area contributed by atoms with Crippen LogP contribution in [0.1, 0.15) is 37.2 Å². The molecule has 132 valence electrons. The van der Waals surface area contributed by atoms with Gasteiger partial charge in [-0.25, -0.2) is 10.1 Å². The largest absolute Gasteiger partial charge is 0.271 e. The maximum atomic E-state index is 12.2. The highest BCUT2D eigenvalue weighted by molar-refractivity contribution is 5.87. The van der Waals surface area contributed by atoms with Crippen molar-refractivity contribution in [1.29, 1.82) is 0 Å². The van der Waals surface area contributed by atoms with Crippen LogP contribution < -0.4 is 5.43 Å². The number of amides is 1. The number of carbonyl (C=O) groups excluding carboxylic acids is 1. The lowest BCUT2D eigenvalue weighted by Crippen LogP contribution is -2.26. The highest BCUT2D eigenvalue weighted by Crippen LogP contribution is 2.31. The van der Waals surface area contributed by atoms with Crippen molar-refractivity contribution >= 4 is 22.7 Å². The Balaban J connectivity index is 1.32. The number of fused-ring (bicyclic) bond motifs is 1. The van der Waals surface area contributed by atoms with Gasteiger partial charge in [0.15, 0.2) is 0 Å². The summed E-state index contributed by atoms with van der Waals surface area (Å²) in [6, 6.07) is 18.2. The Hall–Kier alpha value is -3.02. The van der Waals surface area contributed by atoms with Gasteiger partial charge in [-0.3, -0.25) is 4.79 Å². The first kappa shape index (κ1) is 16.4. The minimum absolute atomic E-state index is 0.115. The molecule has 1 saturated carbocycles. The van der Waals surface area contributed by atoms with E-state index in [9.17, 15) is 4.79 Å². The number of carbonyl (C=O) groups is 1. The van der Waals surface area contributed by atoms with Gasteiger partial charge >= 0.3 is 0 Å². The topological polar surface area (TPSA) is 72.2 Å². The Bertz CT molecular complexity index is 922. The van der Waals surface area contributed by atoms with Crippen molar-refractivity contribution < 1.29 is 4.79 Å². The quantitative estimate of drug-likeness (QED) is 0.736. The van der Waals surface area contributed by atoms with E-state index in [1.807, 2.05) is 30.3 Å². The molecule has 0 aliphatic heterocycles. The van der Waals surface area contributed by atoms with Gasteiger partial charge in [0.05, 0.1) is 5.52 Å². The molecule has 1 aliphatic carbocycles. The van der Waals surface area contributed by atoms with Crippen LogP contribution in [0.5, 0.6) is 0 Å². The van der Waals surface area contributed by atoms with Gasteiger partial charge < -0.3 is 0 Å². The summed E-state index contributed by atoms with van der Waals surface area (Å²) in [5, 5.41) is 12.4. The normalized spacial score (nSPS) is 17.2. The van der Waals surface area contributed by atoms with Gasteiger partial charge in [-0.1, -0.05) is 47.7 Å². The van der Waals surface area contributed by atoms with Gasteiger partial charge in [-0.15, -0.1) is 5.10 Å². The number of para-hydroxylation sites is 1. The van der Waals surface area contributed by atoms with Crippen LogP contribution >= 0.6 is 0 Å². The number of benzene rings is 2. The molecule has 2 aromatic carbocycles. The van der Waals surface area contributed by atoms with Gasteiger partial charge in [-0.2, -0.15) is 5.10 Å². The number of aromatic nitrogens is 3. The number of nitrogens with one attached hydrogen (secondary N) is 1. The Morgan fingerprint density at radius 1 is 1.08 bits per heavy atom.